The summed E-state index contributed by atoms with van der Waals surface area (Å²) in [6.45, 7) is 2.24. The Morgan fingerprint density at radius 3 is 2.50 bits per heavy atom. The number of nitrogens with zero attached hydrogens (tertiary/aromatic N) is 1. The minimum absolute atomic E-state index is 0.00410. The predicted molar refractivity (Wildman–Crippen MR) is 53.2 cm³/mol. The van der Waals surface area contributed by atoms with E-state index in [4.69, 9.17) is 22.4 Å². The highest BCUT2D eigenvalue weighted by molar-refractivity contribution is 5.75. The van der Waals surface area contributed by atoms with Crippen LogP contribution in [0.3, 0.4) is 0 Å². The Bertz CT molecular complexity index is 214. The van der Waals surface area contributed by atoms with Gasteiger partial charge in [-0.3, -0.25) is 15.6 Å². The van der Waals surface area contributed by atoms with Crippen LogP contribution in [0.25, 0.3) is 0 Å². The maximum absolute atomic E-state index is 10.6. The number of hydrazine groups is 1. The molecular weight excluding hydrogens is 186 g/mol. The number of carboxylic acid groups (broad SMARTS) is 1. The van der Waals surface area contributed by atoms with E-state index in [1.54, 1.807) is 0 Å². The molecule has 1 unspecified atom stereocenters. The first kappa shape index (κ1) is 12.7. The number of nitrogens with one attached hydrogen (secondary N) is 1. The van der Waals surface area contributed by atoms with E-state index in [-0.39, 0.29) is 11.9 Å². The zero-order chi connectivity index (χ0) is 11.1. The Morgan fingerprint density at radius 1 is 1.57 bits per heavy atom. The molecule has 82 valence electrons. The summed E-state index contributed by atoms with van der Waals surface area (Å²) in [4.78, 5) is 14.4. The Morgan fingerprint density at radius 2 is 2.14 bits per heavy atom. The van der Waals surface area contributed by atoms with Gasteiger partial charge >= 0.3 is 5.97 Å². The minimum atomic E-state index is -0.982. The molecule has 8 N–H and O–H groups in total. The van der Waals surface area contributed by atoms with Crippen molar-refractivity contribution in [1.29, 1.82) is 0 Å². The third-order valence-electron chi connectivity index (χ3n) is 1.72. The average molecular weight is 203 g/mol. The SMILES string of the molecule is CC(CN=C(N)N)C[C@H](NN)C(=O)O. The molecule has 0 bridgehead atoms. The minimum Gasteiger partial charge on any atom is -0.480 e. The maximum atomic E-state index is 10.6. The third-order valence-corrected chi connectivity index (χ3v) is 1.72. The maximum Gasteiger partial charge on any atom is 0.322 e. The van der Waals surface area contributed by atoms with E-state index >= 15 is 0 Å². The highest BCUT2D eigenvalue weighted by Gasteiger charge is 2.18. The highest BCUT2D eigenvalue weighted by atomic mass is 16.4. The summed E-state index contributed by atoms with van der Waals surface area (Å²) in [6.07, 6.45) is 0.378. The summed E-state index contributed by atoms with van der Waals surface area (Å²) < 4.78 is 0. The van der Waals surface area contributed by atoms with E-state index in [2.05, 4.69) is 10.4 Å². The van der Waals surface area contributed by atoms with Gasteiger partial charge in [-0.05, 0) is 12.3 Å². The van der Waals surface area contributed by atoms with Crippen LogP contribution in [0.4, 0.5) is 0 Å². The van der Waals surface area contributed by atoms with E-state index in [0.717, 1.165) is 0 Å². The van der Waals surface area contributed by atoms with Crippen molar-refractivity contribution in [3.63, 3.8) is 0 Å². The quantitative estimate of drug-likeness (QED) is 0.149. The van der Waals surface area contributed by atoms with Crippen LogP contribution in [0.1, 0.15) is 13.3 Å². The van der Waals surface area contributed by atoms with Crippen molar-refractivity contribution < 1.29 is 9.90 Å². The molecule has 0 aromatic rings. The molecule has 0 aliphatic rings. The molecule has 0 aliphatic carbocycles. The number of guanidine groups is 1. The second-order valence-corrected chi connectivity index (χ2v) is 3.16. The number of hydrogen-bond donors (Lipinski definition) is 5. The summed E-state index contributed by atoms with van der Waals surface area (Å²) in [5.74, 6) is 4.13. The van der Waals surface area contributed by atoms with Crippen LogP contribution in [0.2, 0.25) is 0 Å². The van der Waals surface area contributed by atoms with Crippen LogP contribution >= 0.6 is 0 Å². The fraction of sp³-hybridized carbons (Fsp3) is 0.714. The molecule has 0 aliphatic heterocycles. The molecule has 0 heterocycles. The first-order valence-electron chi connectivity index (χ1n) is 4.21. The van der Waals surface area contributed by atoms with E-state index in [1.165, 1.54) is 0 Å². The number of hydrogen-bond acceptors (Lipinski definition) is 4. The molecule has 0 saturated carbocycles. The van der Waals surface area contributed by atoms with Crippen LogP contribution < -0.4 is 22.7 Å². The van der Waals surface area contributed by atoms with Crippen LogP contribution in [-0.4, -0.2) is 29.6 Å². The van der Waals surface area contributed by atoms with Gasteiger partial charge in [0.1, 0.15) is 6.04 Å². The second-order valence-electron chi connectivity index (χ2n) is 3.16. The average Bonchev–Trinajstić information content (AvgIpc) is 2.10. The topological polar surface area (TPSA) is 140 Å². The van der Waals surface area contributed by atoms with E-state index in [1.807, 2.05) is 6.92 Å². The molecule has 14 heavy (non-hydrogen) atoms. The molecule has 0 radical (unpaired) electrons. The molecule has 0 spiro atoms. The zero-order valence-corrected chi connectivity index (χ0v) is 8.10. The number of aliphatic imine (C=N–C) groups is 1. The first-order chi connectivity index (χ1) is 6.47. The number of aliphatic carboxylic acids is 1. The number of carbonyl (C=O) groups is 1. The van der Waals surface area contributed by atoms with Gasteiger partial charge in [0, 0.05) is 6.54 Å². The third kappa shape index (κ3) is 5.33. The van der Waals surface area contributed by atoms with E-state index in [9.17, 15) is 4.79 Å². The summed E-state index contributed by atoms with van der Waals surface area (Å²) >= 11 is 0. The number of rotatable bonds is 6. The van der Waals surface area contributed by atoms with Crippen LogP contribution in [0, 0.1) is 5.92 Å². The lowest BCUT2D eigenvalue weighted by Crippen LogP contribution is -2.42. The molecular formula is C7H17N5O2. The van der Waals surface area contributed by atoms with Crippen molar-refractivity contribution >= 4 is 11.9 Å². The lowest BCUT2D eigenvalue weighted by atomic mass is 10.0. The van der Waals surface area contributed by atoms with Gasteiger partial charge in [0.25, 0.3) is 0 Å². The van der Waals surface area contributed by atoms with Crippen LogP contribution in [-0.2, 0) is 4.79 Å². The van der Waals surface area contributed by atoms with Crippen molar-refractivity contribution in [2.24, 2.45) is 28.2 Å². The Labute approximate surface area is 82.3 Å². The largest absolute Gasteiger partial charge is 0.480 e. The van der Waals surface area contributed by atoms with Crippen molar-refractivity contribution in [2.45, 2.75) is 19.4 Å². The first-order valence-corrected chi connectivity index (χ1v) is 4.21. The Hall–Kier alpha value is -1.34. The van der Waals surface area contributed by atoms with Gasteiger partial charge in [-0.15, -0.1) is 0 Å². The van der Waals surface area contributed by atoms with E-state index in [0.29, 0.717) is 13.0 Å². The molecule has 2 atom stereocenters. The van der Waals surface area contributed by atoms with Crippen molar-refractivity contribution in [3.05, 3.63) is 0 Å². The zero-order valence-electron chi connectivity index (χ0n) is 8.10. The van der Waals surface area contributed by atoms with Crippen molar-refractivity contribution in [1.82, 2.24) is 5.43 Å². The van der Waals surface area contributed by atoms with Crippen LogP contribution in [0.15, 0.2) is 4.99 Å². The lowest BCUT2D eigenvalue weighted by Gasteiger charge is -2.14. The molecule has 0 rings (SSSR count). The van der Waals surface area contributed by atoms with E-state index < -0.39 is 12.0 Å². The van der Waals surface area contributed by atoms with Gasteiger partial charge in [0.05, 0.1) is 0 Å². The molecule has 0 saturated heterocycles. The standard InChI is InChI=1S/C7H17N5O2/c1-4(3-11-7(8)9)2-5(12-10)6(13)14/h4-5,12H,2-3,10H2,1H3,(H,13,14)(H4,8,9,11)/t4?,5-/m0/s1. The summed E-state index contributed by atoms with van der Waals surface area (Å²) in [7, 11) is 0. The summed E-state index contributed by atoms with van der Waals surface area (Å²) in [5.41, 5.74) is 12.5. The fourth-order valence-corrected chi connectivity index (χ4v) is 0.978. The summed E-state index contributed by atoms with van der Waals surface area (Å²) in [5, 5.41) is 8.67. The highest BCUT2D eigenvalue weighted by Crippen LogP contribution is 2.06. The lowest BCUT2D eigenvalue weighted by molar-refractivity contribution is -0.139. The fourth-order valence-electron chi connectivity index (χ4n) is 0.978. The van der Waals surface area contributed by atoms with Gasteiger partial charge in [-0.25, -0.2) is 5.43 Å². The van der Waals surface area contributed by atoms with Gasteiger partial charge in [0.2, 0.25) is 0 Å². The normalized spacial score (nSPS) is 14.4. The van der Waals surface area contributed by atoms with Gasteiger partial charge in [-0.1, -0.05) is 6.92 Å². The summed E-state index contributed by atoms with van der Waals surface area (Å²) in [6, 6.07) is -0.765. The number of nitrogens with two attached hydrogens (primary N) is 3. The monoisotopic (exact) mass is 203 g/mol. The molecule has 7 heteroatoms. The molecule has 0 aromatic heterocycles. The molecule has 7 nitrogen and oxygen atoms in total. The smallest absolute Gasteiger partial charge is 0.322 e. The van der Waals surface area contributed by atoms with Crippen molar-refractivity contribution in [2.75, 3.05) is 6.54 Å². The predicted octanol–water partition coefficient (Wildman–Crippen LogP) is -1.80. The Kier molecular flexibility index (Phi) is 5.58. The second kappa shape index (κ2) is 6.17. The molecule has 0 amide bonds. The van der Waals surface area contributed by atoms with Crippen molar-refractivity contribution in [3.8, 4) is 0 Å². The molecule has 0 aromatic carbocycles. The van der Waals surface area contributed by atoms with Gasteiger partial charge < -0.3 is 16.6 Å². The van der Waals surface area contributed by atoms with Crippen LogP contribution in [0.5, 0.6) is 0 Å². The Balaban J connectivity index is 3.97. The number of carboxylic acids is 1. The van der Waals surface area contributed by atoms with Gasteiger partial charge in [0.15, 0.2) is 5.96 Å². The van der Waals surface area contributed by atoms with Gasteiger partial charge in [-0.2, -0.15) is 0 Å². The molecule has 0 fully saturated rings.